The monoisotopic (exact) mass is 402 g/mol. The molecule has 138 valence electrons. The molecule has 25 heavy (non-hydrogen) atoms. The summed E-state index contributed by atoms with van der Waals surface area (Å²) in [7, 11) is 0. The summed E-state index contributed by atoms with van der Waals surface area (Å²) in [5.74, 6) is -4.22. The van der Waals surface area contributed by atoms with Crippen LogP contribution in [-0.2, 0) is 16.1 Å². The van der Waals surface area contributed by atoms with E-state index in [-0.39, 0.29) is 5.56 Å². The van der Waals surface area contributed by atoms with E-state index in [9.17, 15) is 26.7 Å². The highest BCUT2D eigenvalue weighted by Crippen LogP contribution is 2.60. The highest BCUT2D eigenvalue weighted by Gasteiger charge is 2.62. The molecule has 2 atom stereocenters. The van der Waals surface area contributed by atoms with Crippen molar-refractivity contribution in [2.75, 3.05) is 0 Å². The van der Waals surface area contributed by atoms with Gasteiger partial charge in [0.25, 0.3) is 0 Å². The smallest absolute Gasteiger partial charge is 0.426 e. The number of benzene rings is 1. The van der Waals surface area contributed by atoms with Crippen molar-refractivity contribution in [3.05, 3.63) is 45.5 Å². The number of carbonyl (C=O) groups excluding carboxylic acids is 1. The van der Waals surface area contributed by atoms with Gasteiger partial charge in [-0.3, -0.25) is 4.79 Å². The molecule has 1 aromatic rings. The Hall–Kier alpha value is -1.34. The predicted molar refractivity (Wildman–Crippen MR) is 81.9 cm³/mol. The van der Waals surface area contributed by atoms with Crippen LogP contribution >= 0.6 is 23.2 Å². The minimum Gasteiger partial charge on any atom is -0.460 e. The molecule has 0 spiro atoms. The minimum atomic E-state index is -4.70. The number of carbonyl (C=O) groups is 1. The Labute approximate surface area is 150 Å². The zero-order chi connectivity index (χ0) is 19.2. The van der Waals surface area contributed by atoms with E-state index < -0.39 is 57.7 Å². The topological polar surface area (TPSA) is 26.3 Å². The highest BCUT2D eigenvalue weighted by atomic mass is 35.5. The van der Waals surface area contributed by atoms with Crippen LogP contribution < -0.4 is 0 Å². The standard InChI is InChI=1S/C16H13Cl2F5O2/c1-15(2)8(5-11(17)16(21,22)23)12(15)14(24)25-6-7-9(19)3-4-10(20)13(7)18/h3-5,8,12H,6H2,1-2H3. The summed E-state index contributed by atoms with van der Waals surface area (Å²) in [5, 5.41) is -1.83. The molecule has 2 rings (SSSR count). The zero-order valence-corrected chi connectivity index (χ0v) is 14.6. The third kappa shape index (κ3) is 4.08. The molecule has 2 unspecified atom stereocenters. The van der Waals surface area contributed by atoms with Crippen LogP contribution in [0.2, 0.25) is 5.02 Å². The van der Waals surface area contributed by atoms with Crippen molar-refractivity contribution < 1.29 is 31.5 Å². The molecule has 1 saturated carbocycles. The van der Waals surface area contributed by atoms with Gasteiger partial charge in [0, 0.05) is 5.56 Å². The zero-order valence-electron chi connectivity index (χ0n) is 13.1. The first-order chi connectivity index (χ1) is 11.4. The third-order valence-electron chi connectivity index (χ3n) is 4.26. The van der Waals surface area contributed by atoms with Gasteiger partial charge in [-0.15, -0.1) is 0 Å². The fraction of sp³-hybridized carbons (Fsp3) is 0.438. The molecule has 0 amide bonds. The molecule has 0 aliphatic heterocycles. The van der Waals surface area contributed by atoms with Gasteiger partial charge in [-0.1, -0.05) is 43.1 Å². The van der Waals surface area contributed by atoms with E-state index in [2.05, 4.69) is 0 Å². The fourth-order valence-corrected chi connectivity index (χ4v) is 2.97. The molecule has 9 heteroatoms. The van der Waals surface area contributed by atoms with Gasteiger partial charge in [-0.2, -0.15) is 13.2 Å². The first-order valence-corrected chi connectivity index (χ1v) is 7.86. The van der Waals surface area contributed by atoms with Crippen LogP contribution in [-0.4, -0.2) is 12.1 Å². The second-order valence-electron chi connectivity index (χ2n) is 6.27. The van der Waals surface area contributed by atoms with Crippen molar-refractivity contribution in [3.8, 4) is 0 Å². The van der Waals surface area contributed by atoms with Crippen LogP contribution in [0.1, 0.15) is 19.4 Å². The molecule has 0 radical (unpaired) electrons. The average Bonchev–Trinajstić information content (AvgIpc) is 3.02. The van der Waals surface area contributed by atoms with E-state index >= 15 is 0 Å². The van der Waals surface area contributed by atoms with Crippen molar-refractivity contribution in [1.82, 2.24) is 0 Å². The highest BCUT2D eigenvalue weighted by molar-refractivity contribution is 6.31. The molecule has 0 bridgehead atoms. The lowest BCUT2D eigenvalue weighted by Gasteiger charge is -2.09. The molecule has 0 saturated heterocycles. The van der Waals surface area contributed by atoms with Crippen LogP contribution in [0.15, 0.2) is 23.2 Å². The van der Waals surface area contributed by atoms with Crippen molar-refractivity contribution in [1.29, 1.82) is 0 Å². The maximum Gasteiger partial charge on any atom is 0.426 e. The summed E-state index contributed by atoms with van der Waals surface area (Å²) >= 11 is 10.8. The second-order valence-corrected chi connectivity index (χ2v) is 7.05. The van der Waals surface area contributed by atoms with E-state index in [4.69, 9.17) is 27.9 Å². The van der Waals surface area contributed by atoms with Gasteiger partial charge in [0.1, 0.15) is 23.3 Å². The molecule has 1 aromatic carbocycles. The number of hydrogen-bond donors (Lipinski definition) is 0. The van der Waals surface area contributed by atoms with Gasteiger partial charge >= 0.3 is 12.1 Å². The quantitative estimate of drug-likeness (QED) is 0.371. The fourth-order valence-electron chi connectivity index (χ4n) is 2.63. The van der Waals surface area contributed by atoms with E-state index in [1.54, 1.807) is 13.8 Å². The molecule has 2 nitrogen and oxygen atoms in total. The van der Waals surface area contributed by atoms with Crippen LogP contribution in [0.5, 0.6) is 0 Å². The number of ether oxygens (including phenoxy) is 1. The van der Waals surface area contributed by atoms with Gasteiger partial charge in [-0.05, 0) is 23.5 Å². The van der Waals surface area contributed by atoms with E-state index in [1.165, 1.54) is 0 Å². The van der Waals surface area contributed by atoms with E-state index in [1.807, 2.05) is 0 Å². The lowest BCUT2D eigenvalue weighted by Crippen LogP contribution is -2.12. The number of rotatable bonds is 4. The Morgan fingerprint density at radius 2 is 1.84 bits per heavy atom. The average molecular weight is 403 g/mol. The SMILES string of the molecule is CC1(C)C(C=C(Cl)C(F)(F)F)C1C(=O)OCc1c(F)ccc(F)c1Cl. The van der Waals surface area contributed by atoms with Gasteiger partial charge < -0.3 is 4.74 Å². The molecule has 0 heterocycles. The lowest BCUT2D eigenvalue weighted by atomic mass is 10.1. The second kappa shape index (κ2) is 6.76. The van der Waals surface area contributed by atoms with Crippen molar-refractivity contribution in [2.24, 2.45) is 17.3 Å². The van der Waals surface area contributed by atoms with Crippen LogP contribution in [0.25, 0.3) is 0 Å². The van der Waals surface area contributed by atoms with Crippen LogP contribution in [0.3, 0.4) is 0 Å². The summed E-state index contributed by atoms with van der Waals surface area (Å²) < 4.78 is 69.4. The molecular weight excluding hydrogens is 390 g/mol. The summed E-state index contributed by atoms with van der Waals surface area (Å²) in [5.41, 5.74) is -1.14. The third-order valence-corrected chi connectivity index (χ3v) is 5.01. The van der Waals surface area contributed by atoms with Crippen LogP contribution in [0, 0.1) is 28.9 Å². The number of halogens is 7. The van der Waals surface area contributed by atoms with Gasteiger partial charge in [0.05, 0.1) is 10.9 Å². The molecule has 1 aliphatic carbocycles. The maximum absolute atomic E-state index is 13.6. The van der Waals surface area contributed by atoms with Crippen LogP contribution in [0.4, 0.5) is 22.0 Å². The minimum absolute atomic E-state index is 0.339. The largest absolute Gasteiger partial charge is 0.460 e. The Bertz CT molecular complexity index is 728. The number of hydrogen-bond acceptors (Lipinski definition) is 2. The first kappa shape index (κ1) is 20.0. The summed E-state index contributed by atoms with van der Waals surface area (Å²) in [6.07, 6.45) is -3.93. The van der Waals surface area contributed by atoms with Crippen molar-refractivity contribution in [3.63, 3.8) is 0 Å². The molecular formula is C16H13Cl2F5O2. The number of alkyl halides is 3. The molecule has 1 aliphatic rings. The summed E-state index contributed by atoms with van der Waals surface area (Å²) in [6.45, 7) is 2.53. The normalized spacial score (nSPS) is 22.7. The Morgan fingerprint density at radius 1 is 1.28 bits per heavy atom. The van der Waals surface area contributed by atoms with Gasteiger partial charge in [0.2, 0.25) is 0 Å². The van der Waals surface area contributed by atoms with Gasteiger partial charge in [-0.25, -0.2) is 8.78 Å². The Morgan fingerprint density at radius 3 is 2.40 bits per heavy atom. The Balaban J connectivity index is 2.09. The maximum atomic E-state index is 13.6. The van der Waals surface area contributed by atoms with Crippen molar-refractivity contribution in [2.45, 2.75) is 26.6 Å². The van der Waals surface area contributed by atoms with E-state index in [0.29, 0.717) is 0 Å². The molecule has 0 aromatic heterocycles. The molecule has 0 N–H and O–H groups in total. The molecule has 1 fully saturated rings. The van der Waals surface area contributed by atoms with E-state index in [0.717, 1.165) is 18.2 Å². The number of esters is 1. The summed E-state index contributed by atoms with van der Waals surface area (Å²) in [4.78, 5) is 12.1. The Kier molecular flexibility index (Phi) is 5.40. The van der Waals surface area contributed by atoms with Gasteiger partial charge in [0.15, 0.2) is 0 Å². The first-order valence-electron chi connectivity index (χ1n) is 7.11. The number of allylic oxidation sites excluding steroid dienone is 2. The van der Waals surface area contributed by atoms with Crippen molar-refractivity contribution >= 4 is 29.2 Å². The lowest BCUT2D eigenvalue weighted by molar-refractivity contribution is -0.147. The summed E-state index contributed by atoms with van der Waals surface area (Å²) in [6, 6.07) is 1.66. The predicted octanol–water partition coefficient (Wildman–Crippen LogP) is 5.62.